The van der Waals surface area contributed by atoms with Crippen molar-refractivity contribution in [1.82, 2.24) is 0 Å². The molecule has 0 aromatic rings. The number of alkyl halides is 3. The number of allylic oxidation sites excluding steroid dienone is 2. The minimum Gasteiger partial charge on any atom is -0.477 e. The summed E-state index contributed by atoms with van der Waals surface area (Å²) in [6.07, 6.45) is 2.12. The van der Waals surface area contributed by atoms with Gasteiger partial charge in [-0.1, -0.05) is 6.08 Å². The average Bonchev–Trinajstić information content (AvgIpc) is 2.30. The van der Waals surface area contributed by atoms with E-state index in [0.29, 0.717) is 0 Å². The van der Waals surface area contributed by atoms with Crippen molar-refractivity contribution < 1.29 is 23.1 Å². The summed E-state index contributed by atoms with van der Waals surface area (Å²) >= 11 is 0. The Bertz CT molecular complexity index is 266. The third-order valence-corrected chi connectivity index (χ3v) is 3.12. The monoisotopic (exact) mass is 198 g/mol. The summed E-state index contributed by atoms with van der Waals surface area (Å²) < 4.78 is 36.1. The summed E-state index contributed by atoms with van der Waals surface area (Å²) in [7, 11) is -2.61. The van der Waals surface area contributed by atoms with Crippen molar-refractivity contribution in [1.29, 1.82) is 0 Å². The summed E-state index contributed by atoms with van der Waals surface area (Å²) in [6, 6.07) is 0. The molecule has 1 aliphatic heterocycles. The van der Waals surface area contributed by atoms with Crippen LogP contribution in [0, 0.1) is 0 Å². The van der Waals surface area contributed by atoms with Crippen molar-refractivity contribution in [2.75, 3.05) is 0 Å². The van der Waals surface area contributed by atoms with E-state index in [1.54, 1.807) is 0 Å². The molecule has 0 saturated carbocycles. The van der Waals surface area contributed by atoms with Gasteiger partial charge in [0, 0.05) is 0 Å². The van der Waals surface area contributed by atoms with Gasteiger partial charge >= 0.3 is 11.5 Å². The zero-order chi connectivity index (χ0) is 9.35. The van der Waals surface area contributed by atoms with Crippen LogP contribution in [0.5, 0.6) is 0 Å². The quantitative estimate of drug-likeness (QED) is 0.632. The second-order valence-corrected chi connectivity index (χ2v) is 4.06. The standard InChI is InChI=1S/C6H5F3O2S/c7-6(8,9)12-3-1-2-4(12)5(10)11/h1-3,12H,(H,10,11). The van der Waals surface area contributed by atoms with Crippen LogP contribution in [0.1, 0.15) is 0 Å². The van der Waals surface area contributed by atoms with Crippen LogP contribution in [0.3, 0.4) is 0 Å². The van der Waals surface area contributed by atoms with Gasteiger partial charge in [-0.15, -0.1) is 10.9 Å². The van der Waals surface area contributed by atoms with Crippen LogP contribution in [0.2, 0.25) is 0 Å². The Hall–Kier alpha value is -0.910. The second-order valence-electron chi connectivity index (χ2n) is 2.04. The summed E-state index contributed by atoms with van der Waals surface area (Å²) in [5, 5.41) is 9.24. The molecule has 0 aromatic carbocycles. The fraction of sp³-hybridized carbons (Fsp3) is 0.167. The van der Waals surface area contributed by atoms with Crippen LogP contribution in [-0.2, 0) is 4.79 Å². The Labute approximate surface area is 68.7 Å². The molecule has 68 valence electrons. The number of hydrogen-bond donors (Lipinski definition) is 2. The van der Waals surface area contributed by atoms with Gasteiger partial charge in [0.2, 0.25) is 0 Å². The molecule has 0 fully saturated rings. The highest BCUT2D eigenvalue weighted by Crippen LogP contribution is 2.54. The molecule has 0 bridgehead atoms. The third-order valence-electron chi connectivity index (χ3n) is 1.24. The zero-order valence-electron chi connectivity index (χ0n) is 5.67. The van der Waals surface area contributed by atoms with E-state index in [-0.39, 0.29) is 0 Å². The molecule has 12 heavy (non-hydrogen) atoms. The van der Waals surface area contributed by atoms with Crippen molar-refractivity contribution in [3.8, 4) is 0 Å². The van der Waals surface area contributed by atoms with Gasteiger partial charge in [-0.05, 0) is 11.5 Å². The summed E-state index contributed by atoms with van der Waals surface area (Å²) in [5.41, 5.74) is -4.44. The number of hydrogen-bond acceptors (Lipinski definition) is 1. The van der Waals surface area contributed by atoms with Gasteiger partial charge in [0.05, 0.1) is 4.91 Å². The topological polar surface area (TPSA) is 37.3 Å². The van der Waals surface area contributed by atoms with E-state index in [0.717, 1.165) is 17.6 Å². The molecular weight excluding hydrogens is 193 g/mol. The van der Waals surface area contributed by atoms with Crippen LogP contribution in [0.15, 0.2) is 22.5 Å². The van der Waals surface area contributed by atoms with E-state index in [4.69, 9.17) is 5.11 Å². The van der Waals surface area contributed by atoms with Crippen molar-refractivity contribution in [2.45, 2.75) is 5.51 Å². The number of aliphatic carboxylic acids is 1. The molecule has 1 aliphatic rings. The Kier molecular flexibility index (Phi) is 2.18. The predicted octanol–water partition coefficient (Wildman–Crippen LogP) is 2.00. The summed E-state index contributed by atoms with van der Waals surface area (Å²) in [4.78, 5) is 9.71. The van der Waals surface area contributed by atoms with Crippen molar-refractivity contribution in [3.05, 3.63) is 22.5 Å². The number of halogens is 3. The highest BCUT2D eigenvalue weighted by Gasteiger charge is 2.40. The maximum absolute atomic E-state index is 12.0. The fourth-order valence-electron chi connectivity index (χ4n) is 0.776. The number of thiol groups is 1. The Morgan fingerprint density at radius 1 is 1.50 bits per heavy atom. The van der Waals surface area contributed by atoms with Gasteiger partial charge in [0.1, 0.15) is 0 Å². The lowest BCUT2D eigenvalue weighted by molar-refractivity contribution is -0.132. The molecule has 0 saturated heterocycles. The van der Waals surface area contributed by atoms with Gasteiger partial charge < -0.3 is 5.11 Å². The smallest absolute Gasteiger partial charge is 0.430 e. The van der Waals surface area contributed by atoms with E-state index >= 15 is 0 Å². The van der Waals surface area contributed by atoms with Crippen LogP contribution in [-0.4, -0.2) is 16.6 Å². The lowest BCUT2D eigenvalue weighted by Crippen LogP contribution is -2.11. The number of carboxylic acid groups (broad SMARTS) is 1. The molecule has 0 radical (unpaired) electrons. The first-order chi connectivity index (χ1) is 5.43. The van der Waals surface area contributed by atoms with Crippen LogP contribution >= 0.6 is 10.9 Å². The molecule has 0 aliphatic carbocycles. The highest BCUT2D eigenvalue weighted by molar-refractivity contribution is 8.24. The molecule has 0 spiro atoms. The molecule has 1 atom stereocenters. The molecule has 1 rings (SSSR count). The second kappa shape index (κ2) is 2.85. The lowest BCUT2D eigenvalue weighted by Gasteiger charge is -2.17. The normalized spacial score (nSPS) is 25.6. The van der Waals surface area contributed by atoms with Crippen LogP contribution in [0.25, 0.3) is 0 Å². The van der Waals surface area contributed by atoms with Crippen LogP contribution < -0.4 is 0 Å². The lowest BCUT2D eigenvalue weighted by atomic mass is 10.5. The van der Waals surface area contributed by atoms with E-state index in [1.807, 2.05) is 0 Å². The molecular formula is C6H5F3O2S. The fourth-order valence-corrected chi connectivity index (χ4v) is 2.09. The Morgan fingerprint density at radius 2 is 2.08 bits per heavy atom. The minimum atomic E-state index is -4.44. The largest absolute Gasteiger partial charge is 0.477 e. The van der Waals surface area contributed by atoms with Gasteiger partial charge in [-0.25, -0.2) is 4.79 Å². The molecule has 2 nitrogen and oxygen atoms in total. The number of carboxylic acids is 1. The Morgan fingerprint density at radius 3 is 2.42 bits per heavy atom. The summed E-state index contributed by atoms with van der Waals surface area (Å²) in [6.45, 7) is 0. The van der Waals surface area contributed by atoms with Gasteiger partial charge in [-0.3, -0.25) is 0 Å². The molecule has 1 N–H and O–H groups in total. The summed E-state index contributed by atoms with van der Waals surface area (Å²) in [5.74, 6) is -1.50. The first-order valence-corrected chi connectivity index (χ1v) is 4.32. The SMILES string of the molecule is O=C(O)C1=CC=C[SH]1C(F)(F)F. The van der Waals surface area contributed by atoms with Crippen molar-refractivity contribution >= 4 is 16.9 Å². The van der Waals surface area contributed by atoms with Gasteiger partial charge in [-0.2, -0.15) is 13.2 Å². The maximum atomic E-state index is 12.0. The molecule has 6 heteroatoms. The Balaban J connectivity index is 2.88. The molecule has 0 aromatic heterocycles. The van der Waals surface area contributed by atoms with E-state index in [1.165, 1.54) is 0 Å². The van der Waals surface area contributed by atoms with Crippen molar-refractivity contribution in [2.24, 2.45) is 0 Å². The third kappa shape index (κ3) is 1.63. The number of rotatable bonds is 1. The first-order valence-electron chi connectivity index (χ1n) is 2.91. The predicted molar refractivity (Wildman–Crippen MR) is 39.9 cm³/mol. The average molecular weight is 198 g/mol. The van der Waals surface area contributed by atoms with E-state index in [9.17, 15) is 18.0 Å². The van der Waals surface area contributed by atoms with Crippen LogP contribution in [0.4, 0.5) is 13.2 Å². The minimum absolute atomic E-state index is 0.558. The van der Waals surface area contributed by atoms with Gasteiger partial charge in [0.15, 0.2) is 0 Å². The van der Waals surface area contributed by atoms with E-state index in [2.05, 4.69) is 0 Å². The van der Waals surface area contributed by atoms with Gasteiger partial charge in [0.25, 0.3) is 0 Å². The molecule has 0 amide bonds. The molecule has 1 heterocycles. The maximum Gasteiger partial charge on any atom is 0.430 e. The number of carbonyl (C=O) groups is 1. The zero-order valence-corrected chi connectivity index (χ0v) is 6.56. The molecule has 1 unspecified atom stereocenters. The van der Waals surface area contributed by atoms with E-state index < -0.39 is 27.3 Å². The first kappa shape index (κ1) is 9.18. The van der Waals surface area contributed by atoms with Crippen molar-refractivity contribution in [3.63, 3.8) is 0 Å². The highest BCUT2D eigenvalue weighted by atomic mass is 32.2.